The first kappa shape index (κ1) is 13.3. The van der Waals surface area contributed by atoms with Gasteiger partial charge in [0.05, 0.1) is 11.2 Å². The molecule has 0 unspecified atom stereocenters. The Balaban J connectivity index is 2.57. The highest BCUT2D eigenvalue weighted by molar-refractivity contribution is 5.90. The summed E-state index contributed by atoms with van der Waals surface area (Å²) in [6, 6.07) is 6.18. The lowest BCUT2D eigenvalue weighted by Crippen LogP contribution is -2.22. The monoisotopic (exact) mass is 257 g/mol. The molecule has 1 heterocycles. The fourth-order valence-electron chi connectivity index (χ4n) is 1.92. The van der Waals surface area contributed by atoms with Crippen molar-refractivity contribution in [3.8, 4) is 0 Å². The molecule has 0 bridgehead atoms. The van der Waals surface area contributed by atoms with Gasteiger partial charge in [0.1, 0.15) is 0 Å². The van der Waals surface area contributed by atoms with E-state index in [1.165, 1.54) is 5.56 Å². The van der Waals surface area contributed by atoms with Crippen LogP contribution in [0.15, 0.2) is 18.2 Å². The molecule has 0 radical (unpaired) electrons. The van der Waals surface area contributed by atoms with Crippen molar-refractivity contribution in [1.29, 1.82) is 5.41 Å². The first-order valence-electron chi connectivity index (χ1n) is 6.17. The van der Waals surface area contributed by atoms with Crippen molar-refractivity contribution in [3.05, 3.63) is 29.5 Å². The predicted molar refractivity (Wildman–Crippen MR) is 78.5 cm³/mol. The quantitative estimate of drug-likeness (QED) is 0.541. The number of anilines is 1. The van der Waals surface area contributed by atoms with Crippen LogP contribution >= 0.6 is 0 Å². The molecule has 0 aliphatic carbocycles. The minimum Gasteiger partial charge on any atom is -0.370 e. The van der Waals surface area contributed by atoms with Gasteiger partial charge in [-0.3, -0.25) is 10.7 Å². The van der Waals surface area contributed by atoms with Gasteiger partial charge in [-0.25, -0.2) is 9.97 Å². The summed E-state index contributed by atoms with van der Waals surface area (Å²) >= 11 is 0. The fourth-order valence-corrected chi connectivity index (χ4v) is 1.92. The molecule has 5 heteroatoms. The smallest absolute Gasteiger partial charge is 0.230 e. The highest BCUT2D eigenvalue weighted by atomic mass is 15.2. The zero-order valence-electron chi connectivity index (χ0n) is 11.7. The van der Waals surface area contributed by atoms with E-state index in [4.69, 9.17) is 11.1 Å². The SMILES string of the molecule is Cc1nc(NC(=N)N)nc2ccc(C(C)(C)C)cc12. The number of hydrogen-bond acceptors (Lipinski definition) is 3. The minimum atomic E-state index is -0.162. The van der Waals surface area contributed by atoms with Gasteiger partial charge in [0.15, 0.2) is 5.96 Å². The second kappa shape index (κ2) is 4.50. The number of aryl methyl sites for hydroxylation is 1. The van der Waals surface area contributed by atoms with Crippen LogP contribution in [0.25, 0.3) is 10.9 Å². The summed E-state index contributed by atoms with van der Waals surface area (Å²) in [5.41, 5.74) is 8.36. The number of fused-ring (bicyclic) bond motifs is 1. The molecule has 0 aliphatic heterocycles. The Kier molecular flexibility index (Phi) is 3.14. The molecule has 5 nitrogen and oxygen atoms in total. The Labute approximate surface area is 112 Å². The van der Waals surface area contributed by atoms with Crippen LogP contribution in [0.5, 0.6) is 0 Å². The number of guanidine groups is 1. The van der Waals surface area contributed by atoms with Crippen LogP contribution in [-0.4, -0.2) is 15.9 Å². The van der Waals surface area contributed by atoms with Crippen molar-refractivity contribution in [3.63, 3.8) is 0 Å². The standard InChI is InChI=1S/C14H19N5/c1-8-10-7-9(14(2,3)4)5-6-11(10)18-13(17-8)19-12(15)16/h5-7H,1-4H3,(H4,15,16,17,18,19). The number of nitrogens with one attached hydrogen (secondary N) is 2. The Hall–Kier alpha value is -2.17. The summed E-state index contributed by atoms with van der Waals surface area (Å²) in [4.78, 5) is 8.68. The lowest BCUT2D eigenvalue weighted by Gasteiger charge is -2.19. The van der Waals surface area contributed by atoms with Gasteiger partial charge in [0.25, 0.3) is 0 Å². The van der Waals surface area contributed by atoms with Crippen molar-refractivity contribution in [2.75, 3.05) is 5.32 Å². The van der Waals surface area contributed by atoms with E-state index in [1.807, 2.05) is 13.0 Å². The molecule has 0 amide bonds. The number of nitrogens with two attached hydrogens (primary N) is 1. The Morgan fingerprint density at radius 1 is 1.26 bits per heavy atom. The van der Waals surface area contributed by atoms with E-state index in [0.29, 0.717) is 5.95 Å². The van der Waals surface area contributed by atoms with Crippen molar-refractivity contribution in [1.82, 2.24) is 9.97 Å². The van der Waals surface area contributed by atoms with Gasteiger partial charge >= 0.3 is 0 Å². The van der Waals surface area contributed by atoms with E-state index < -0.39 is 0 Å². The average Bonchev–Trinajstić information content (AvgIpc) is 2.26. The number of nitrogens with zero attached hydrogens (tertiary/aromatic N) is 2. The topological polar surface area (TPSA) is 87.7 Å². The third-order valence-corrected chi connectivity index (χ3v) is 3.00. The highest BCUT2D eigenvalue weighted by Gasteiger charge is 2.15. The first-order chi connectivity index (χ1) is 8.77. The van der Waals surface area contributed by atoms with Crippen LogP contribution < -0.4 is 11.1 Å². The number of hydrogen-bond donors (Lipinski definition) is 3. The lowest BCUT2D eigenvalue weighted by molar-refractivity contribution is 0.591. The van der Waals surface area contributed by atoms with Crippen molar-refractivity contribution < 1.29 is 0 Å². The normalized spacial score (nSPS) is 11.6. The number of benzene rings is 1. The Bertz CT molecular complexity index is 640. The van der Waals surface area contributed by atoms with E-state index in [2.05, 4.69) is 48.2 Å². The van der Waals surface area contributed by atoms with Crippen molar-refractivity contribution in [2.24, 2.45) is 5.73 Å². The zero-order valence-corrected chi connectivity index (χ0v) is 11.7. The van der Waals surface area contributed by atoms with Gasteiger partial charge in [-0.1, -0.05) is 26.8 Å². The van der Waals surface area contributed by atoms with E-state index in [9.17, 15) is 0 Å². The summed E-state index contributed by atoms with van der Waals surface area (Å²) in [6.45, 7) is 8.46. The van der Waals surface area contributed by atoms with Gasteiger partial charge in [-0.15, -0.1) is 0 Å². The van der Waals surface area contributed by atoms with E-state index in [0.717, 1.165) is 16.6 Å². The summed E-state index contributed by atoms with van der Waals surface area (Å²) < 4.78 is 0. The van der Waals surface area contributed by atoms with Gasteiger partial charge in [0.2, 0.25) is 5.95 Å². The predicted octanol–water partition coefficient (Wildman–Crippen LogP) is 2.54. The van der Waals surface area contributed by atoms with Crippen LogP contribution in [0.2, 0.25) is 0 Å². The molecule has 2 aromatic rings. The van der Waals surface area contributed by atoms with Crippen molar-refractivity contribution in [2.45, 2.75) is 33.1 Å². The maximum Gasteiger partial charge on any atom is 0.230 e. The van der Waals surface area contributed by atoms with Gasteiger partial charge in [-0.05, 0) is 30.0 Å². The molecule has 0 aliphatic rings. The summed E-state index contributed by atoms with van der Waals surface area (Å²) in [5, 5.41) is 10.9. The van der Waals surface area contributed by atoms with Gasteiger partial charge in [0, 0.05) is 5.39 Å². The Morgan fingerprint density at radius 3 is 2.53 bits per heavy atom. The molecule has 19 heavy (non-hydrogen) atoms. The van der Waals surface area contributed by atoms with Gasteiger partial charge < -0.3 is 5.73 Å². The molecule has 0 saturated carbocycles. The molecule has 1 aromatic heterocycles. The van der Waals surface area contributed by atoms with Crippen LogP contribution in [-0.2, 0) is 5.41 Å². The molecule has 0 saturated heterocycles. The molecule has 0 fully saturated rings. The lowest BCUT2D eigenvalue weighted by atomic mass is 9.86. The second-order valence-electron chi connectivity index (χ2n) is 5.65. The van der Waals surface area contributed by atoms with Crippen LogP contribution in [0, 0.1) is 12.3 Å². The molecule has 0 spiro atoms. The number of aromatic nitrogens is 2. The third-order valence-electron chi connectivity index (χ3n) is 3.00. The van der Waals surface area contributed by atoms with Crippen molar-refractivity contribution >= 4 is 22.8 Å². The molecular weight excluding hydrogens is 238 g/mol. The summed E-state index contributed by atoms with van der Waals surface area (Å²) in [5.74, 6) is 0.200. The largest absolute Gasteiger partial charge is 0.370 e. The molecule has 4 N–H and O–H groups in total. The van der Waals surface area contributed by atoms with Gasteiger partial charge in [-0.2, -0.15) is 0 Å². The van der Waals surface area contributed by atoms with Crippen LogP contribution in [0.4, 0.5) is 5.95 Å². The highest BCUT2D eigenvalue weighted by Crippen LogP contribution is 2.26. The second-order valence-corrected chi connectivity index (χ2v) is 5.65. The maximum absolute atomic E-state index is 7.21. The average molecular weight is 257 g/mol. The summed E-state index contributed by atoms with van der Waals surface area (Å²) in [6.07, 6.45) is 0. The Morgan fingerprint density at radius 2 is 1.95 bits per heavy atom. The first-order valence-corrected chi connectivity index (χ1v) is 6.17. The molecule has 1 aromatic carbocycles. The van der Waals surface area contributed by atoms with E-state index in [-0.39, 0.29) is 11.4 Å². The van der Waals surface area contributed by atoms with Crippen LogP contribution in [0.3, 0.4) is 0 Å². The minimum absolute atomic E-state index is 0.0942. The van der Waals surface area contributed by atoms with E-state index >= 15 is 0 Å². The van der Waals surface area contributed by atoms with E-state index in [1.54, 1.807) is 0 Å². The third kappa shape index (κ3) is 2.81. The maximum atomic E-state index is 7.21. The van der Waals surface area contributed by atoms with Crippen LogP contribution in [0.1, 0.15) is 32.0 Å². The summed E-state index contributed by atoms with van der Waals surface area (Å²) in [7, 11) is 0. The molecule has 0 atom stereocenters. The fraction of sp³-hybridized carbons (Fsp3) is 0.357. The molecule has 2 rings (SSSR count). The molecule has 100 valence electrons. The zero-order chi connectivity index (χ0) is 14.2. The number of rotatable bonds is 1. The molecular formula is C14H19N5.